The molecule has 0 saturated carbocycles. The number of rotatable bonds is 3. The van der Waals surface area contributed by atoms with Crippen LogP contribution in [-0.2, 0) is 0 Å². The summed E-state index contributed by atoms with van der Waals surface area (Å²) in [6.07, 6.45) is 0.845. The molecule has 1 aromatic carbocycles. The highest BCUT2D eigenvalue weighted by Gasteiger charge is 2.31. The minimum Gasteiger partial charge on any atom is -0.497 e. The third kappa shape index (κ3) is 2.74. The molecule has 6 nitrogen and oxygen atoms in total. The zero-order valence-corrected chi connectivity index (χ0v) is 12.1. The highest BCUT2D eigenvalue weighted by atomic mass is 16.5. The summed E-state index contributed by atoms with van der Waals surface area (Å²) in [6.45, 7) is 3.10. The molecule has 1 fully saturated rings. The Hall–Kier alpha value is -2.37. The Bertz CT molecular complexity index is 653. The van der Waals surface area contributed by atoms with E-state index in [4.69, 9.17) is 9.26 Å². The van der Waals surface area contributed by atoms with E-state index < -0.39 is 0 Å². The Labute approximate surface area is 122 Å². The molecule has 2 heterocycles. The molecule has 1 aromatic heterocycles. The summed E-state index contributed by atoms with van der Waals surface area (Å²) >= 11 is 0. The van der Waals surface area contributed by atoms with Crippen LogP contribution in [0.15, 0.2) is 28.8 Å². The van der Waals surface area contributed by atoms with Gasteiger partial charge in [-0.3, -0.25) is 4.79 Å². The lowest BCUT2D eigenvalue weighted by Crippen LogP contribution is -2.28. The minimum atomic E-state index is 0.00707. The van der Waals surface area contributed by atoms with Crippen molar-refractivity contribution in [3.63, 3.8) is 0 Å². The van der Waals surface area contributed by atoms with Gasteiger partial charge in [0.25, 0.3) is 5.91 Å². The fourth-order valence-corrected chi connectivity index (χ4v) is 2.56. The number of amides is 1. The number of hydrogen-bond acceptors (Lipinski definition) is 5. The van der Waals surface area contributed by atoms with Crippen LogP contribution in [0.25, 0.3) is 0 Å². The maximum absolute atomic E-state index is 12.5. The average molecular weight is 287 g/mol. The van der Waals surface area contributed by atoms with Gasteiger partial charge in [-0.1, -0.05) is 11.2 Å². The monoisotopic (exact) mass is 287 g/mol. The van der Waals surface area contributed by atoms with Crippen molar-refractivity contribution in [2.75, 3.05) is 20.2 Å². The molecule has 0 bridgehead atoms. The van der Waals surface area contributed by atoms with Gasteiger partial charge in [-0.05, 0) is 31.5 Å². The number of benzene rings is 1. The third-order valence-electron chi connectivity index (χ3n) is 3.68. The molecule has 0 N–H and O–H groups in total. The predicted molar refractivity (Wildman–Crippen MR) is 75.3 cm³/mol. The van der Waals surface area contributed by atoms with Crippen LogP contribution in [0.5, 0.6) is 5.75 Å². The number of methoxy groups -OCH3 is 1. The van der Waals surface area contributed by atoms with Crippen LogP contribution in [0, 0.1) is 6.92 Å². The molecule has 0 radical (unpaired) electrons. The van der Waals surface area contributed by atoms with Crippen LogP contribution in [0.3, 0.4) is 0 Å². The lowest BCUT2D eigenvalue weighted by molar-refractivity contribution is 0.0789. The summed E-state index contributed by atoms with van der Waals surface area (Å²) in [6, 6.07) is 7.20. The second-order valence-corrected chi connectivity index (χ2v) is 5.15. The van der Waals surface area contributed by atoms with Gasteiger partial charge in [-0.25, -0.2) is 0 Å². The van der Waals surface area contributed by atoms with Crippen LogP contribution in [-0.4, -0.2) is 41.1 Å². The molecule has 1 atom stereocenters. The van der Waals surface area contributed by atoms with Gasteiger partial charge in [0, 0.05) is 18.7 Å². The third-order valence-corrected chi connectivity index (χ3v) is 3.68. The van der Waals surface area contributed by atoms with E-state index in [9.17, 15) is 4.79 Å². The average Bonchev–Trinajstić information content (AvgIpc) is 3.15. The van der Waals surface area contributed by atoms with Crippen LogP contribution >= 0.6 is 0 Å². The van der Waals surface area contributed by atoms with E-state index in [2.05, 4.69) is 10.1 Å². The van der Waals surface area contributed by atoms with Crippen LogP contribution in [0.1, 0.15) is 34.4 Å². The van der Waals surface area contributed by atoms with Crippen molar-refractivity contribution < 1.29 is 14.1 Å². The smallest absolute Gasteiger partial charge is 0.254 e. The lowest BCUT2D eigenvalue weighted by atomic mass is 10.1. The largest absolute Gasteiger partial charge is 0.497 e. The Kier molecular flexibility index (Phi) is 3.60. The van der Waals surface area contributed by atoms with Crippen LogP contribution in [0.4, 0.5) is 0 Å². The molecule has 21 heavy (non-hydrogen) atoms. The molecule has 1 saturated heterocycles. The van der Waals surface area contributed by atoms with E-state index in [1.807, 2.05) is 17.0 Å². The highest BCUT2D eigenvalue weighted by molar-refractivity contribution is 5.94. The molecule has 0 aliphatic carbocycles. The first-order chi connectivity index (χ1) is 10.2. The summed E-state index contributed by atoms with van der Waals surface area (Å²) < 4.78 is 10.4. The number of likely N-dealkylation sites (tertiary alicyclic amines) is 1. The summed E-state index contributed by atoms with van der Waals surface area (Å²) in [4.78, 5) is 18.6. The van der Waals surface area contributed by atoms with E-state index in [1.165, 1.54) is 0 Å². The van der Waals surface area contributed by atoms with E-state index in [0.717, 1.165) is 6.42 Å². The minimum absolute atomic E-state index is 0.00707. The van der Waals surface area contributed by atoms with Gasteiger partial charge in [0.1, 0.15) is 5.75 Å². The first-order valence-corrected chi connectivity index (χ1v) is 6.91. The summed E-state index contributed by atoms with van der Waals surface area (Å²) in [7, 11) is 1.59. The van der Waals surface area contributed by atoms with Crippen molar-refractivity contribution in [2.45, 2.75) is 19.3 Å². The SMILES string of the molecule is COc1cccc(C(=O)N2CC[C@@H](c3nc(C)no3)C2)c1. The summed E-state index contributed by atoms with van der Waals surface area (Å²) in [5.74, 6) is 2.06. The fraction of sp³-hybridized carbons (Fsp3) is 0.400. The number of nitrogens with zero attached hydrogens (tertiary/aromatic N) is 3. The molecule has 110 valence electrons. The van der Waals surface area contributed by atoms with Crippen molar-refractivity contribution in [2.24, 2.45) is 0 Å². The first kappa shape index (κ1) is 13.6. The zero-order valence-electron chi connectivity index (χ0n) is 12.1. The van der Waals surface area contributed by atoms with E-state index >= 15 is 0 Å². The van der Waals surface area contributed by atoms with E-state index in [1.54, 1.807) is 26.2 Å². The Balaban J connectivity index is 1.72. The molecule has 1 amide bonds. The molecule has 6 heteroatoms. The van der Waals surface area contributed by atoms with Crippen molar-refractivity contribution in [1.29, 1.82) is 0 Å². The fourth-order valence-electron chi connectivity index (χ4n) is 2.56. The molecular weight excluding hydrogens is 270 g/mol. The van der Waals surface area contributed by atoms with Gasteiger partial charge in [-0.15, -0.1) is 0 Å². The molecule has 2 aromatic rings. The van der Waals surface area contributed by atoms with Crippen molar-refractivity contribution in [3.8, 4) is 5.75 Å². The molecule has 0 unspecified atom stereocenters. The van der Waals surface area contributed by atoms with Crippen molar-refractivity contribution >= 4 is 5.91 Å². The Morgan fingerprint density at radius 3 is 3.05 bits per heavy atom. The van der Waals surface area contributed by atoms with Gasteiger partial charge >= 0.3 is 0 Å². The Morgan fingerprint density at radius 1 is 1.48 bits per heavy atom. The quantitative estimate of drug-likeness (QED) is 0.864. The Morgan fingerprint density at radius 2 is 2.33 bits per heavy atom. The summed E-state index contributed by atoms with van der Waals surface area (Å²) in [5.41, 5.74) is 0.636. The molecule has 1 aliphatic heterocycles. The number of ether oxygens (including phenoxy) is 1. The number of carbonyl (C=O) groups excluding carboxylic acids is 1. The zero-order chi connectivity index (χ0) is 14.8. The lowest BCUT2D eigenvalue weighted by Gasteiger charge is -2.16. The van der Waals surface area contributed by atoms with Gasteiger partial charge in [-0.2, -0.15) is 4.98 Å². The van der Waals surface area contributed by atoms with E-state index in [0.29, 0.717) is 36.1 Å². The normalized spacial score (nSPS) is 18.0. The summed E-state index contributed by atoms with van der Waals surface area (Å²) in [5, 5.41) is 3.81. The second kappa shape index (κ2) is 5.55. The highest BCUT2D eigenvalue weighted by Crippen LogP contribution is 2.27. The van der Waals surface area contributed by atoms with Crippen LogP contribution < -0.4 is 4.74 Å². The van der Waals surface area contributed by atoms with Gasteiger partial charge in [0.15, 0.2) is 5.82 Å². The van der Waals surface area contributed by atoms with Gasteiger partial charge < -0.3 is 14.2 Å². The van der Waals surface area contributed by atoms with Crippen LogP contribution in [0.2, 0.25) is 0 Å². The molecule has 0 spiro atoms. The van der Waals surface area contributed by atoms with E-state index in [-0.39, 0.29) is 11.8 Å². The number of aryl methyl sites for hydroxylation is 1. The standard InChI is InChI=1S/C15H17N3O3/c1-10-16-14(21-17-10)12-6-7-18(9-12)15(19)11-4-3-5-13(8-11)20-2/h3-5,8,12H,6-7,9H2,1-2H3/t12-/m1/s1. The first-order valence-electron chi connectivity index (χ1n) is 6.91. The van der Waals surface area contributed by atoms with Crippen molar-refractivity contribution in [3.05, 3.63) is 41.5 Å². The number of aromatic nitrogens is 2. The topological polar surface area (TPSA) is 68.5 Å². The molecule has 3 rings (SSSR count). The predicted octanol–water partition coefficient (Wildman–Crippen LogP) is 2.02. The molecule has 1 aliphatic rings. The maximum atomic E-state index is 12.5. The van der Waals surface area contributed by atoms with Gasteiger partial charge in [0.2, 0.25) is 5.89 Å². The second-order valence-electron chi connectivity index (χ2n) is 5.15. The number of carbonyl (C=O) groups is 1. The molecular formula is C15H17N3O3. The maximum Gasteiger partial charge on any atom is 0.254 e. The van der Waals surface area contributed by atoms with Gasteiger partial charge in [0.05, 0.1) is 13.0 Å². The number of hydrogen-bond donors (Lipinski definition) is 0. The van der Waals surface area contributed by atoms with Crippen molar-refractivity contribution in [1.82, 2.24) is 15.0 Å².